The van der Waals surface area contributed by atoms with E-state index in [1.807, 2.05) is 27.7 Å². The van der Waals surface area contributed by atoms with Gasteiger partial charge in [-0.1, -0.05) is 39.8 Å². The van der Waals surface area contributed by atoms with Crippen LogP contribution in [0.3, 0.4) is 0 Å². The molecule has 0 bridgehead atoms. The molecule has 3 rings (SSSR count). The highest BCUT2D eigenvalue weighted by Gasteiger charge is 2.32. The molecule has 1 fully saturated rings. The molecule has 4 atom stereocenters. The Bertz CT molecular complexity index is 1310. The van der Waals surface area contributed by atoms with Gasteiger partial charge >= 0.3 is 0 Å². The SMILES string of the molecule is COc1ccc(C[C@@H]2NC(=O)[C@H](CC(C)C)NC(=O)CN(C(=O)CCCc3cn[nH]c3)C[C@H](C(C)C)NC(=O)[C@@H](C)NC2=O)cc1. The van der Waals surface area contributed by atoms with Gasteiger partial charge in [0.25, 0.3) is 0 Å². The maximum absolute atomic E-state index is 13.6. The average Bonchev–Trinajstić information content (AvgIpc) is 3.52. The first-order valence-electron chi connectivity index (χ1n) is 15.9. The highest BCUT2D eigenvalue weighted by Crippen LogP contribution is 2.15. The van der Waals surface area contributed by atoms with Crippen molar-refractivity contribution >= 4 is 29.5 Å². The summed E-state index contributed by atoms with van der Waals surface area (Å²) in [6, 6.07) is 3.72. The maximum atomic E-state index is 13.6. The second-order valence-electron chi connectivity index (χ2n) is 12.7. The van der Waals surface area contributed by atoms with E-state index in [4.69, 9.17) is 4.74 Å². The molecule has 0 radical (unpaired) electrons. The van der Waals surface area contributed by atoms with E-state index in [1.165, 1.54) is 4.90 Å². The van der Waals surface area contributed by atoms with Crippen LogP contribution in [0.15, 0.2) is 36.7 Å². The standard InChI is InChI=1S/C33H49N7O6/c1-20(2)14-26-33(45)38-27(15-23-10-12-25(46-6)13-11-23)32(44)36-22(5)31(43)39-28(21(3)4)18-40(19-29(41)37-26)30(42)9-7-8-24-16-34-35-17-24/h10-13,16-17,20-22,26-28H,7-9,14-15,18-19H2,1-6H3,(H,34,35)(H,36,44)(H,37,41)(H,38,45)(H,39,43)/t22-,26+,27+,28-/m1/s1. The Labute approximate surface area is 271 Å². The van der Waals surface area contributed by atoms with E-state index in [0.29, 0.717) is 25.0 Å². The van der Waals surface area contributed by atoms with E-state index in [2.05, 4.69) is 31.5 Å². The zero-order chi connectivity index (χ0) is 33.8. The summed E-state index contributed by atoms with van der Waals surface area (Å²) in [6.45, 7) is 9.06. The molecule has 0 saturated carbocycles. The molecule has 252 valence electrons. The molecule has 0 spiro atoms. The van der Waals surface area contributed by atoms with Gasteiger partial charge in [0.15, 0.2) is 0 Å². The Balaban J connectivity index is 1.89. The van der Waals surface area contributed by atoms with Crippen LogP contribution in [0.4, 0.5) is 0 Å². The number of hydrogen-bond donors (Lipinski definition) is 5. The van der Waals surface area contributed by atoms with Crippen molar-refractivity contribution in [1.82, 2.24) is 36.4 Å². The number of aromatic amines is 1. The van der Waals surface area contributed by atoms with Crippen LogP contribution in [0.5, 0.6) is 5.75 Å². The second kappa shape index (κ2) is 17.3. The van der Waals surface area contributed by atoms with Gasteiger partial charge in [0.05, 0.1) is 19.9 Å². The predicted octanol–water partition coefficient (Wildman–Crippen LogP) is 1.49. The molecule has 1 aliphatic heterocycles. The Morgan fingerprint density at radius 2 is 1.63 bits per heavy atom. The number of nitrogens with one attached hydrogen (secondary N) is 5. The molecule has 0 aliphatic carbocycles. The van der Waals surface area contributed by atoms with Crippen LogP contribution in [-0.4, -0.2) is 89.0 Å². The Hall–Kier alpha value is -4.42. The molecule has 0 unspecified atom stereocenters. The molecule has 13 nitrogen and oxygen atoms in total. The first kappa shape index (κ1) is 36.1. The zero-order valence-electron chi connectivity index (χ0n) is 27.7. The number of nitrogens with zero attached hydrogens (tertiary/aromatic N) is 2. The quantitative estimate of drug-likeness (QED) is 0.262. The largest absolute Gasteiger partial charge is 0.497 e. The molecule has 1 saturated heterocycles. The number of carbonyl (C=O) groups is 5. The Morgan fingerprint density at radius 3 is 2.24 bits per heavy atom. The molecule has 2 heterocycles. The number of benzene rings is 1. The number of carbonyl (C=O) groups excluding carboxylic acids is 5. The minimum atomic E-state index is -1.03. The predicted molar refractivity (Wildman–Crippen MR) is 172 cm³/mol. The fourth-order valence-corrected chi connectivity index (χ4v) is 5.21. The molecule has 5 amide bonds. The van der Waals surface area contributed by atoms with Crippen molar-refractivity contribution in [2.24, 2.45) is 11.8 Å². The van der Waals surface area contributed by atoms with Crippen LogP contribution < -0.4 is 26.0 Å². The van der Waals surface area contributed by atoms with Gasteiger partial charge in [0, 0.05) is 31.6 Å². The minimum Gasteiger partial charge on any atom is -0.497 e. The lowest BCUT2D eigenvalue weighted by atomic mass is 10.0. The van der Waals surface area contributed by atoms with E-state index in [0.717, 1.165) is 11.1 Å². The van der Waals surface area contributed by atoms with Gasteiger partial charge < -0.3 is 30.9 Å². The van der Waals surface area contributed by atoms with Crippen LogP contribution in [0.1, 0.15) is 65.0 Å². The average molecular weight is 640 g/mol. The smallest absolute Gasteiger partial charge is 0.243 e. The second-order valence-corrected chi connectivity index (χ2v) is 12.7. The van der Waals surface area contributed by atoms with Crippen molar-refractivity contribution in [3.05, 3.63) is 47.8 Å². The molecule has 1 aromatic carbocycles. The van der Waals surface area contributed by atoms with Crippen LogP contribution in [0, 0.1) is 11.8 Å². The van der Waals surface area contributed by atoms with Crippen molar-refractivity contribution in [2.45, 2.75) is 90.9 Å². The summed E-state index contributed by atoms with van der Waals surface area (Å²) in [5, 5.41) is 18.0. The molecular formula is C33H49N7O6. The van der Waals surface area contributed by atoms with Crippen LogP contribution in [-0.2, 0) is 36.8 Å². The van der Waals surface area contributed by atoms with Gasteiger partial charge in [0.1, 0.15) is 23.9 Å². The van der Waals surface area contributed by atoms with Crippen molar-refractivity contribution in [3.63, 3.8) is 0 Å². The van der Waals surface area contributed by atoms with Crippen LogP contribution in [0.2, 0.25) is 0 Å². The number of H-pyrrole nitrogens is 1. The lowest BCUT2D eigenvalue weighted by Gasteiger charge is -2.31. The summed E-state index contributed by atoms with van der Waals surface area (Å²) < 4.78 is 5.23. The minimum absolute atomic E-state index is 0.0415. The van der Waals surface area contributed by atoms with E-state index in [9.17, 15) is 24.0 Å². The third kappa shape index (κ3) is 11.2. The Kier molecular flexibility index (Phi) is 13.6. The molecule has 46 heavy (non-hydrogen) atoms. The number of aryl methyl sites for hydroxylation is 1. The van der Waals surface area contributed by atoms with Crippen molar-refractivity contribution < 1.29 is 28.7 Å². The number of methoxy groups -OCH3 is 1. The zero-order valence-corrected chi connectivity index (χ0v) is 27.7. The van der Waals surface area contributed by atoms with Crippen molar-refractivity contribution in [2.75, 3.05) is 20.2 Å². The molecule has 1 aromatic heterocycles. The van der Waals surface area contributed by atoms with E-state index in [-0.39, 0.29) is 43.7 Å². The van der Waals surface area contributed by atoms with Gasteiger partial charge in [-0.25, -0.2) is 0 Å². The van der Waals surface area contributed by atoms with Gasteiger partial charge in [-0.2, -0.15) is 5.10 Å². The third-order valence-corrected chi connectivity index (χ3v) is 7.99. The number of aromatic nitrogens is 2. The topological polar surface area (TPSA) is 175 Å². The summed E-state index contributed by atoms with van der Waals surface area (Å²) in [7, 11) is 1.56. The summed E-state index contributed by atoms with van der Waals surface area (Å²) in [4.78, 5) is 68.9. The number of amides is 5. The Morgan fingerprint density at radius 1 is 0.935 bits per heavy atom. The monoisotopic (exact) mass is 639 g/mol. The first-order chi connectivity index (χ1) is 21.9. The maximum Gasteiger partial charge on any atom is 0.243 e. The highest BCUT2D eigenvalue weighted by atomic mass is 16.5. The molecule has 1 aliphatic rings. The molecule has 13 heteroatoms. The van der Waals surface area contributed by atoms with Gasteiger partial charge in [0.2, 0.25) is 29.5 Å². The molecule has 2 aromatic rings. The first-order valence-corrected chi connectivity index (χ1v) is 15.9. The normalized spacial score (nSPS) is 22.0. The van der Waals surface area contributed by atoms with Crippen molar-refractivity contribution in [3.8, 4) is 5.75 Å². The molecule has 5 N–H and O–H groups in total. The fourth-order valence-electron chi connectivity index (χ4n) is 5.21. The molecular weight excluding hydrogens is 590 g/mol. The number of rotatable bonds is 10. The number of ether oxygens (including phenoxy) is 1. The van der Waals surface area contributed by atoms with E-state index >= 15 is 0 Å². The summed E-state index contributed by atoms with van der Waals surface area (Å²) in [5.41, 5.74) is 1.74. The fraction of sp³-hybridized carbons (Fsp3) is 0.576. The summed E-state index contributed by atoms with van der Waals surface area (Å²) in [5.74, 6) is -1.65. The highest BCUT2D eigenvalue weighted by molar-refractivity contribution is 5.95. The van der Waals surface area contributed by atoms with E-state index in [1.54, 1.807) is 50.7 Å². The summed E-state index contributed by atoms with van der Waals surface area (Å²) in [6.07, 6.45) is 5.31. The van der Waals surface area contributed by atoms with Crippen LogP contribution >= 0.6 is 0 Å². The summed E-state index contributed by atoms with van der Waals surface area (Å²) >= 11 is 0. The van der Waals surface area contributed by atoms with Crippen molar-refractivity contribution in [1.29, 1.82) is 0 Å². The van der Waals surface area contributed by atoms with E-state index < -0.39 is 47.8 Å². The number of hydrogen-bond acceptors (Lipinski definition) is 7. The van der Waals surface area contributed by atoms with Gasteiger partial charge in [-0.3, -0.25) is 29.1 Å². The lowest BCUT2D eigenvalue weighted by Crippen LogP contribution is -2.57. The third-order valence-electron chi connectivity index (χ3n) is 7.99. The lowest BCUT2D eigenvalue weighted by molar-refractivity contribution is -0.138. The van der Waals surface area contributed by atoms with Crippen LogP contribution in [0.25, 0.3) is 0 Å². The van der Waals surface area contributed by atoms with Gasteiger partial charge in [-0.05, 0) is 61.3 Å². The van der Waals surface area contributed by atoms with Gasteiger partial charge in [-0.15, -0.1) is 0 Å².